The highest BCUT2D eigenvalue weighted by atomic mass is 19.1. The van der Waals surface area contributed by atoms with E-state index in [9.17, 15) is 13.9 Å². The zero-order valence-corrected chi connectivity index (χ0v) is 11.1. The van der Waals surface area contributed by atoms with Crippen LogP contribution in [0.3, 0.4) is 0 Å². The predicted octanol–water partition coefficient (Wildman–Crippen LogP) is 0.131. The maximum absolute atomic E-state index is 14.7. The zero-order valence-electron chi connectivity index (χ0n) is 11.1. The largest absolute Gasteiger partial charge is 0.394 e. The van der Waals surface area contributed by atoms with Crippen LogP contribution in [0.5, 0.6) is 0 Å². The van der Waals surface area contributed by atoms with Gasteiger partial charge in [0.25, 0.3) is 0 Å². The van der Waals surface area contributed by atoms with E-state index >= 15 is 0 Å². The van der Waals surface area contributed by atoms with Crippen molar-refractivity contribution in [1.29, 1.82) is 0 Å². The molecular weight excluding hydrogens is 286 g/mol. The van der Waals surface area contributed by atoms with Gasteiger partial charge in [-0.3, -0.25) is 4.57 Å². The molecule has 114 valence electrons. The van der Waals surface area contributed by atoms with Crippen molar-refractivity contribution in [2.75, 3.05) is 12.3 Å². The number of aromatic nitrogens is 3. The number of hydrogen-bond donors (Lipinski definition) is 3. The van der Waals surface area contributed by atoms with Crippen LogP contribution >= 0.6 is 0 Å². The number of anilines is 1. The van der Waals surface area contributed by atoms with Gasteiger partial charge >= 0.3 is 0 Å². The van der Waals surface area contributed by atoms with Crippen LogP contribution in [0.2, 0.25) is 0 Å². The van der Waals surface area contributed by atoms with Gasteiger partial charge in [-0.1, -0.05) is 0 Å². The number of aliphatic hydroxyl groups excluding tert-OH is 2. The van der Waals surface area contributed by atoms with Crippen molar-refractivity contribution in [1.82, 2.24) is 14.5 Å². The van der Waals surface area contributed by atoms with Gasteiger partial charge in [0.1, 0.15) is 24.4 Å². The molecule has 0 radical (unpaired) electrons. The van der Waals surface area contributed by atoms with Crippen LogP contribution in [-0.4, -0.2) is 49.2 Å². The fourth-order valence-corrected chi connectivity index (χ4v) is 2.60. The van der Waals surface area contributed by atoms with Gasteiger partial charge in [0, 0.05) is 6.20 Å². The molecule has 1 aliphatic heterocycles. The molecule has 3 rings (SSSR count). The summed E-state index contributed by atoms with van der Waals surface area (Å²) in [6, 6.07) is 0. The summed E-state index contributed by atoms with van der Waals surface area (Å²) in [5, 5.41) is 18.9. The standard InChI is InChI=1S/C12H14F2N4O3/c1-12(14)8(20)6(3-19)21-11(12)18-2-5(13)7-9(15)16-4-17-10(7)18/h2,4,6,8,11,19-20H,3H2,1H3,(H2,15,16,17)/t6?,8-,11?,12-/m1/s1. The van der Waals surface area contributed by atoms with Gasteiger partial charge in [0.2, 0.25) is 0 Å². The minimum Gasteiger partial charge on any atom is -0.394 e. The molecule has 0 spiro atoms. The molecule has 4 N–H and O–H groups in total. The molecule has 0 aromatic carbocycles. The normalized spacial score (nSPS) is 32.9. The van der Waals surface area contributed by atoms with Crippen LogP contribution in [0, 0.1) is 5.82 Å². The molecule has 2 unspecified atom stereocenters. The Hall–Kier alpha value is -1.84. The van der Waals surface area contributed by atoms with E-state index in [2.05, 4.69) is 9.97 Å². The average molecular weight is 300 g/mol. The van der Waals surface area contributed by atoms with Crippen LogP contribution in [0.25, 0.3) is 11.0 Å². The van der Waals surface area contributed by atoms with Crippen molar-refractivity contribution < 1.29 is 23.7 Å². The number of ether oxygens (including phenoxy) is 1. The lowest BCUT2D eigenvalue weighted by atomic mass is 9.98. The third-order valence-electron chi connectivity index (χ3n) is 3.74. The van der Waals surface area contributed by atoms with E-state index in [4.69, 9.17) is 15.6 Å². The van der Waals surface area contributed by atoms with Gasteiger partial charge in [0.05, 0.1) is 12.0 Å². The molecule has 7 nitrogen and oxygen atoms in total. The van der Waals surface area contributed by atoms with E-state index in [1.807, 2.05) is 0 Å². The van der Waals surface area contributed by atoms with Gasteiger partial charge in [-0.15, -0.1) is 0 Å². The lowest BCUT2D eigenvalue weighted by molar-refractivity contribution is -0.0566. The fraction of sp³-hybridized carbons (Fsp3) is 0.500. The summed E-state index contributed by atoms with van der Waals surface area (Å²) < 4.78 is 35.1. The molecule has 0 saturated carbocycles. The van der Waals surface area contributed by atoms with Crippen LogP contribution in [-0.2, 0) is 4.74 Å². The maximum Gasteiger partial charge on any atom is 0.181 e. The summed E-state index contributed by atoms with van der Waals surface area (Å²) in [4.78, 5) is 7.57. The van der Waals surface area contributed by atoms with Gasteiger partial charge in [-0.05, 0) is 6.92 Å². The van der Waals surface area contributed by atoms with E-state index in [-0.39, 0.29) is 16.9 Å². The van der Waals surface area contributed by atoms with Gasteiger partial charge in [-0.2, -0.15) is 0 Å². The second-order valence-electron chi connectivity index (χ2n) is 5.15. The molecule has 2 aromatic rings. The first-order valence-electron chi connectivity index (χ1n) is 6.27. The molecule has 1 saturated heterocycles. The number of alkyl halides is 1. The van der Waals surface area contributed by atoms with Crippen LogP contribution in [0.4, 0.5) is 14.6 Å². The number of halogens is 2. The number of fused-ring (bicyclic) bond motifs is 1. The van der Waals surface area contributed by atoms with Gasteiger partial charge in [-0.25, -0.2) is 18.7 Å². The number of nitrogen functional groups attached to an aromatic ring is 1. The quantitative estimate of drug-likeness (QED) is 0.728. The number of hydrogen-bond acceptors (Lipinski definition) is 6. The maximum atomic E-state index is 14.7. The first-order valence-corrected chi connectivity index (χ1v) is 6.27. The minimum atomic E-state index is -2.23. The Morgan fingerprint density at radius 3 is 2.86 bits per heavy atom. The van der Waals surface area contributed by atoms with E-state index in [0.29, 0.717) is 0 Å². The van der Waals surface area contributed by atoms with Crippen LogP contribution in [0.15, 0.2) is 12.5 Å². The van der Waals surface area contributed by atoms with Crippen molar-refractivity contribution in [2.45, 2.75) is 31.0 Å². The lowest BCUT2D eigenvalue weighted by Crippen LogP contribution is -2.40. The SMILES string of the molecule is C[C@]1(F)C(n2cc(F)c3c(N)ncnc32)OC(CO)[C@H]1O. The monoisotopic (exact) mass is 300 g/mol. The second kappa shape index (κ2) is 4.58. The number of rotatable bonds is 2. The van der Waals surface area contributed by atoms with Crippen molar-refractivity contribution in [3.63, 3.8) is 0 Å². The number of nitrogens with two attached hydrogens (primary N) is 1. The Morgan fingerprint density at radius 1 is 1.52 bits per heavy atom. The van der Waals surface area contributed by atoms with Gasteiger partial charge in [0.15, 0.2) is 23.4 Å². The molecule has 9 heteroatoms. The summed E-state index contributed by atoms with van der Waals surface area (Å²) in [6.45, 7) is 0.558. The highest BCUT2D eigenvalue weighted by Crippen LogP contribution is 2.43. The van der Waals surface area contributed by atoms with Crippen LogP contribution in [0.1, 0.15) is 13.2 Å². The zero-order chi connectivity index (χ0) is 15.4. The van der Waals surface area contributed by atoms with E-state index in [0.717, 1.165) is 24.0 Å². The molecule has 3 heterocycles. The Labute approximate surface area is 118 Å². The predicted molar refractivity (Wildman–Crippen MR) is 68.4 cm³/mol. The molecule has 2 aromatic heterocycles. The van der Waals surface area contributed by atoms with Crippen molar-refractivity contribution in [3.05, 3.63) is 18.3 Å². The van der Waals surface area contributed by atoms with E-state index in [1.165, 1.54) is 0 Å². The fourth-order valence-electron chi connectivity index (χ4n) is 2.60. The molecule has 0 amide bonds. The molecule has 0 bridgehead atoms. The Bertz CT molecular complexity index is 690. The Morgan fingerprint density at radius 2 is 2.24 bits per heavy atom. The lowest BCUT2D eigenvalue weighted by Gasteiger charge is -2.24. The third kappa shape index (κ3) is 1.88. The first kappa shape index (κ1) is 14.1. The van der Waals surface area contributed by atoms with Crippen molar-refractivity contribution in [3.8, 4) is 0 Å². The number of aliphatic hydroxyl groups is 2. The summed E-state index contributed by atoms with van der Waals surface area (Å²) in [5.74, 6) is -0.793. The number of nitrogens with zero attached hydrogens (tertiary/aromatic N) is 3. The summed E-state index contributed by atoms with van der Waals surface area (Å²) in [7, 11) is 0. The highest BCUT2D eigenvalue weighted by Gasteiger charge is 2.55. The van der Waals surface area contributed by atoms with E-state index in [1.54, 1.807) is 0 Å². The summed E-state index contributed by atoms with van der Waals surface area (Å²) >= 11 is 0. The second-order valence-corrected chi connectivity index (χ2v) is 5.15. The van der Waals surface area contributed by atoms with Crippen LogP contribution < -0.4 is 5.73 Å². The highest BCUT2D eigenvalue weighted by molar-refractivity contribution is 5.86. The topological polar surface area (TPSA) is 106 Å². The Kier molecular flexibility index (Phi) is 3.08. The summed E-state index contributed by atoms with van der Waals surface area (Å²) in [6.07, 6.45) is -1.88. The van der Waals surface area contributed by atoms with Crippen molar-refractivity contribution in [2.24, 2.45) is 0 Å². The summed E-state index contributed by atoms with van der Waals surface area (Å²) in [5.41, 5.74) is 3.41. The molecular formula is C12H14F2N4O3. The third-order valence-corrected chi connectivity index (χ3v) is 3.74. The van der Waals surface area contributed by atoms with E-state index < -0.39 is 36.5 Å². The molecule has 1 fully saturated rings. The molecule has 1 aliphatic rings. The first-order chi connectivity index (χ1) is 9.87. The Balaban J connectivity index is 2.15. The average Bonchev–Trinajstić information content (AvgIpc) is 2.87. The molecule has 4 atom stereocenters. The molecule has 0 aliphatic carbocycles. The van der Waals surface area contributed by atoms with Gasteiger partial charge < -0.3 is 20.7 Å². The molecule has 21 heavy (non-hydrogen) atoms. The van der Waals surface area contributed by atoms with Crippen molar-refractivity contribution >= 4 is 16.9 Å². The smallest absolute Gasteiger partial charge is 0.181 e. The minimum absolute atomic E-state index is 0.0427.